The van der Waals surface area contributed by atoms with Crippen LogP contribution in [-0.2, 0) is 4.79 Å². The molecular weight excluding hydrogens is 440 g/mol. The number of amidine groups is 1. The number of methoxy groups -OCH3 is 1. The number of phenolic OH excluding ortho intramolecular Hbond substituents is 1. The van der Waals surface area contributed by atoms with Crippen LogP contribution in [0.25, 0.3) is 6.08 Å². The van der Waals surface area contributed by atoms with Gasteiger partial charge in [0.15, 0.2) is 16.7 Å². The molecule has 2 N–H and O–H groups in total. The Morgan fingerprint density at radius 1 is 1.35 bits per heavy atom. The molecule has 0 unspecified atom stereocenters. The number of amides is 1. The minimum absolute atomic E-state index is 0.0108. The summed E-state index contributed by atoms with van der Waals surface area (Å²) in [5, 5.41) is 13.7. The van der Waals surface area contributed by atoms with Gasteiger partial charge in [0.2, 0.25) is 0 Å². The smallest absolute Gasteiger partial charge is 0.264 e. The summed E-state index contributed by atoms with van der Waals surface area (Å²) in [6, 6.07) is 8.81. The largest absolute Gasteiger partial charge is 0.503 e. The zero-order valence-corrected chi connectivity index (χ0v) is 17.0. The van der Waals surface area contributed by atoms with Gasteiger partial charge >= 0.3 is 0 Å². The summed E-state index contributed by atoms with van der Waals surface area (Å²) >= 11 is 10.6. The molecule has 1 heterocycles. The first-order chi connectivity index (χ1) is 12.4. The summed E-state index contributed by atoms with van der Waals surface area (Å²) < 4.78 is 5.61. The summed E-state index contributed by atoms with van der Waals surface area (Å²) in [4.78, 5) is 17.1. The van der Waals surface area contributed by atoms with E-state index in [-0.39, 0.29) is 11.7 Å². The molecule has 0 atom stereocenters. The number of halogens is 2. The van der Waals surface area contributed by atoms with Gasteiger partial charge in [-0.2, -0.15) is 0 Å². The number of hydrogen-bond acceptors (Lipinski definition) is 5. The molecule has 26 heavy (non-hydrogen) atoms. The molecule has 0 radical (unpaired) electrons. The number of benzene rings is 2. The van der Waals surface area contributed by atoms with E-state index in [0.717, 1.165) is 5.56 Å². The second kappa shape index (κ2) is 7.73. The molecule has 2 aromatic rings. The van der Waals surface area contributed by atoms with Crippen molar-refractivity contribution in [2.75, 3.05) is 7.11 Å². The molecule has 3 rings (SSSR count). The predicted octanol–water partition coefficient (Wildman–Crippen LogP) is 5.02. The van der Waals surface area contributed by atoms with Gasteiger partial charge < -0.3 is 15.2 Å². The van der Waals surface area contributed by atoms with E-state index in [0.29, 0.717) is 36.6 Å². The highest BCUT2D eigenvalue weighted by atomic mass is 79.9. The van der Waals surface area contributed by atoms with E-state index < -0.39 is 0 Å². The number of rotatable bonds is 3. The van der Waals surface area contributed by atoms with Gasteiger partial charge in [-0.1, -0.05) is 17.7 Å². The zero-order valence-electron chi connectivity index (χ0n) is 13.8. The molecule has 134 valence electrons. The Balaban J connectivity index is 1.88. The molecule has 1 aliphatic heterocycles. The van der Waals surface area contributed by atoms with Crippen LogP contribution in [0.5, 0.6) is 11.5 Å². The third kappa shape index (κ3) is 4.06. The third-order valence-corrected chi connectivity index (χ3v) is 5.53. The maximum absolute atomic E-state index is 12.2. The van der Waals surface area contributed by atoms with Crippen molar-refractivity contribution in [3.8, 4) is 11.5 Å². The van der Waals surface area contributed by atoms with Gasteiger partial charge in [0, 0.05) is 5.02 Å². The van der Waals surface area contributed by atoms with E-state index in [1.807, 2.05) is 19.1 Å². The standard InChI is InChI=1S/C18H14BrClN2O3S/c1-9-3-4-11(8-13(9)20)21-18-22-17(24)15(26-18)7-10-5-12(19)16(23)14(6-10)25-2/h3-8,23H,1-2H3,(H,21,22,24). The van der Waals surface area contributed by atoms with Crippen molar-refractivity contribution in [3.63, 3.8) is 0 Å². The minimum Gasteiger partial charge on any atom is -0.503 e. The monoisotopic (exact) mass is 452 g/mol. The molecule has 1 amide bonds. The number of nitrogens with zero attached hydrogens (tertiary/aromatic N) is 1. The van der Waals surface area contributed by atoms with Gasteiger partial charge in [-0.25, -0.2) is 4.99 Å². The normalized spacial score (nSPS) is 17.0. The number of carbonyl (C=O) groups excluding carboxylic acids is 1. The Kier molecular flexibility index (Phi) is 5.60. The Hall–Kier alpha value is -1.96. The van der Waals surface area contributed by atoms with Crippen LogP contribution in [0.3, 0.4) is 0 Å². The van der Waals surface area contributed by atoms with Gasteiger partial charge in [0.25, 0.3) is 5.91 Å². The van der Waals surface area contributed by atoms with E-state index >= 15 is 0 Å². The number of thioether (sulfide) groups is 1. The molecule has 0 aliphatic carbocycles. The van der Waals surface area contributed by atoms with Crippen LogP contribution in [0.15, 0.2) is 44.7 Å². The quantitative estimate of drug-likeness (QED) is 0.640. The van der Waals surface area contributed by atoms with E-state index in [1.165, 1.54) is 18.9 Å². The lowest BCUT2D eigenvalue weighted by Gasteiger charge is -2.06. The van der Waals surface area contributed by atoms with Crippen molar-refractivity contribution in [2.45, 2.75) is 6.92 Å². The van der Waals surface area contributed by atoms with Gasteiger partial charge in [0.05, 0.1) is 22.2 Å². The molecule has 0 saturated carbocycles. The molecule has 1 saturated heterocycles. The van der Waals surface area contributed by atoms with Crippen LogP contribution in [0.2, 0.25) is 5.02 Å². The average molecular weight is 454 g/mol. The summed E-state index contributed by atoms with van der Waals surface area (Å²) in [6.45, 7) is 1.91. The number of nitrogens with one attached hydrogen (secondary N) is 1. The van der Waals surface area contributed by atoms with Gasteiger partial charge in [-0.15, -0.1) is 0 Å². The molecule has 0 bridgehead atoms. The number of aryl methyl sites for hydroxylation is 1. The molecular formula is C18H14BrClN2O3S. The molecule has 1 fully saturated rings. The highest BCUT2D eigenvalue weighted by molar-refractivity contribution is 9.10. The topological polar surface area (TPSA) is 70.9 Å². The molecule has 1 aliphatic rings. The molecule has 0 spiro atoms. The summed E-state index contributed by atoms with van der Waals surface area (Å²) in [5.74, 6) is 0.0876. The lowest BCUT2D eigenvalue weighted by molar-refractivity contribution is -0.115. The van der Waals surface area contributed by atoms with Crippen LogP contribution >= 0.6 is 39.3 Å². The third-order valence-electron chi connectivity index (χ3n) is 3.61. The maximum Gasteiger partial charge on any atom is 0.264 e. The van der Waals surface area contributed by atoms with Gasteiger partial charge in [-0.05, 0) is 76.1 Å². The molecule has 5 nitrogen and oxygen atoms in total. The minimum atomic E-state index is -0.241. The highest BCUT2D eigenvalue weighted by Gasteiger charge is 2.24. The van der Waals surface area contributed by atoms with Crippen molar-refractivity contribution >= 4 is 62.1 Å². The zero-order chi connectivity index (χ0) is 18.8. The first-order valence-electron chi connectivity index (χ1n) is 7.49. The van der Waals surface area contributed by atoms with Crippen molar-refractivity contribution in [3.05, 3.63) is 55.9 Å². The molecule has 8 heteroatoms. The maximum atomic E-state index is 12.2. The Bertz CT molecular complexity index is 960. The first kappa shape index (κ1) is 18.8. The average Bonchev–Trinajstić information content (AvgIpc) is 2.93. The van der Waals surface area contributed by atoms with Crippen molar-refractivity contribution in [2.24, 2.45) is 4.99 Å². The lowest BCUT2D eigenvalue weighted by Crippen LogP contribution is -2.19. The van der Waals surface area contributed by atoms with Crippen molar-refractivity contribution < 1.29 is 14.6 Å². The van der Waals surface area contributed by atoms with E-state index in [9.17, 15) is 9.90 Å². The van der Waals surface area contributed by atoms with Crippen molar-refractivity contribution in [1.82, 2.24) is 5.32 Å². The van der Waals surface area contributed by atoms with E-state index in [2.05, 4.69) is 26.2 Å². The first-order valence-corrected chi connectivity index (χ1v) is 9.48. The number of phenols is 1. The highest BCUT2D eigenvalue weighted by Crippen LogP contribution is 2.37. The number of aromatic hydroxyl groups is 1. The summed E-state index contributed by atoms with van der Waals surface area (Å²) in [6.07, 6.45) is 1.71. The fourth-order valence-electron chi connectivity index (χ4n) is 2.23. The second-order valence-electron chi connectivity index (χ2n) is 5.47. The lowest BCUT2D eigenvalue weighted by atomic mass is 10.2. The fraction of sp³-hybridized carbons (Fsp3) is 0.111. The van der Waals surface area contributed by atoms with Gasteiger partial charge in [0.1, 0.15) is 0 Å². The predicted molar refractivity (Wildman–Crippen MR) is 109 cm³/mol. The molecule has 0 aromatic heterocycles. The van der Waals surface area contributed by atoms with Crippen molar-refractivity contribution in [1.29, 1.82) is 0 Å². The van der Waals surface area contributed by atoms with Crippen LogP contribution < -0.4 is 10.1 Å². The molecule has 2 aromatic carbocycles. The number of carbonyl (C=O) groups is 1. The van der Waals surface area contributed by atoms with Crippen LogP contribution in [0.1, 0.15) is 11.1 Å². The number of aliphatic imine (C=N–C) groups is 1. The Labute approximate surface area is 168 Å². The Morgan fingerprint density at radius 2 is 2.12 bits per heavy atom. The van der Waals surface area contributed by atoms with E-state index in [4.69, 9.17) is 16.3 Å². The Morgan fingerprint density at radius 3 is 2.81 bits per heavy atom. The van der Waals surface area contributed by atoms with Crippen LogP contribution in [0.4, 0.5) is 5.69 Å². The SMILES string of the molecule is COc1cc(C=C2SC(=Nc3ccc(C)c(Cl)c3)NC2=O)cc(Br)c1O. The summed E-state index contributed by atoms with van der Waals surface area (Å²) in [5.41, 5.74) is 2.34. The van der Waals surface area contributed by atoms with E-state index in [1.54, 1.807) is 24.3 Å². The fourth-order valence-corrected chi connectivity index (χ4v) is 3.71. The van der Waals surface area contributed by atoms with Crippen LogP contribution in [0, 0.1) is 6.92 Å². The van der Waals surface area contributed by atoms with Gasteiger partial charge in [-0.3, -0.25) is 4.79 Å². The second-order valence-corrected chi connectivity index (χ2v) is 7.76. The summed E-state index contributed by atoms with van der Waals surface area (Å²) in [7, 11) is 1.47. The van der Waals surface area contributed by atoms with Crippen LogP contribution in [-0.4, -0.2) is 23.3 Å². The number of ether oxygens (including phenoxy) is 1. The number of hydrogen-bond donors (Lipinski definition) is 2.